The summed E-state index contributed by atoms with van der Waals surface area (Å²) >= 11 is 6.18. The molecule has 3 rings (SSSR count). The van der Waals surface area contributed by atoms with E-state index < -0.39 is 16.1 Å². The summed E-state index contributed by atoms with van der Waals surface area (Å²) in [5, 5.41) is 3.38. The molecule has 0 unspecified atom stereocenters. The quantitative estimate of drug-likeness (QED) is 0.404. The molecule has 0 saturated heterocycles. The third kappa shape index (κ3) is 6.37. The number of hydrogen-bond donors (Lipinski definition) is 2. The minimum absolute atomic E-state index is 0.0183. The van der Waals surface area contributed by atoms with Crippen molar-refractivity contribution in [2.75, 3.05) is 24.3 Å². The number of amides is 1. The van der Waals surface area contributed by atoms with Gasteiger partial charge in [-0.15, -0.1) is 0 Å². The number of benzene rings is 3. The van der Waals surface area contributed by atoms with Gasteiger partial charge in [-0.25, -0.2) is 8.42 Å². The molecule has 3 aromatic carbocycles. The maximum absolute atomic E-state index is 12.8. The molecule has 8 nitrogen and oxygen atoms in total. The fourth-order valence-corrected chi connectivity index (χ4v) is 4.46. The molecule has 2 N–H and O–H groups in total. The van der Waals surface area contributed by atoms with Crippen LogP contribution in [-0.2, 0) is 14.8 Å². The standard InChI is InChI=1S/C25H27ClN2O6S/c1-15-12-20(13-16(2)24(15)26)34-17(3)25(29)27-18-6-9-21(10-7-18)35(30,31)28-22-11-8-19(32-4)14-23(22)33-5/h6-14,17,28H,1-5H3,(H,27,29)/t17-/m1/s1. The molecule has 0 saturated carbocycles. The van der Waals surface area contributed by atoms with Gasteiger partial charge in [-0.3, -0.25) is 9.52 Å². The van der Waals surface area contributed by atoms with Gasteiger partial charge in [-0.1, -0.05) is 11.6 Å². The van der Waals surface area contributed by atoms with Gasteiger partial charge < -0.3 is 19.5 Å². The molecule has 3 aromatic rings. The zero-order chi connectivity index (χ0) is 25.8. The smallest absolute Gasteiger partial charge is 0.265 e. The number of anilines is 2. The Labute approximate surface area is 210 Å². The van der Waals surface area contributed by atoms with E-state index in [1.54, 1.807) is 37.3 Å². The van der Waals surface area contributed by atoms with Crippen LogP contribution in [0.1, 0.15) is 18.1 Å². The third-order valence-corrected chi connectivity index (χ3v) is 7.15. The molecular formula is C25H27ClN2O6S. The van der Waals surface area contributed by atoms with Crippen LogP contribution in [0, 0.1) is 13.8 Å². The van der Waals surface area contributed by atoms with Crippen molar-refractivity contribution >= 4 is 38.9 Å². The lowest BCUT2D eigenvalue weighted by Gasteiger charge is -2.16. The monoisotopic (exact) mass is 518 g/mol. The van der Waals surface area contributed by atoms with E-state index in [0.717, 1.165) is 11.1 Å². The van der Waals surface area contributed by atoms with E-state index in [0.29, 0.717) is 28.0 Å². The molecule has 1 amide bonds. The second kappa shape index (κ2) is 10.9. The molecule has 0 aromatic heterocycles. The average molecular weight is 519 g/mol. The highest BCUT2D eigenvalue weighted by molar-refractivity contribution is 7.92. The van der Waals surface area contributed by atoms with Crippen molar-refractivity contribution in [3.8, 4) is 17.2 Å². The number of halogens is 1. The minimum Gasteiger partial charge on any atom is -0.497 e. The van der Waals surface area contributed by atoms with Crippen LogP contribution in [-0.4, -0.2) is 34.6 Å². The molecule has 0 fully saturated rings. The van der Waals surface area contributed by atoms with Gasteiger partial charge in [0.25, 0.3) is 15.9 Å². The van der Waals surface area contributed by atoms with Gasteiger partial charge in [0.1, 0.15) is 17.2 Å². The Morgan fingerprint density at radius 2 is 1.54 bits per heavy atom. The predicted molar refractivity (Wildman–Crippen MR) is 136 cm³/mol. The first-order chi connectivity index (χ1) is 16.5. The predicted octanol–water partition coefficient (Wildman–Crippen LogP) is 5.18. The maximum Gasteiger partial charge on any atom is 0.265 e. The number of methoxy groups -OCH3 is 2. The van der Waals surface area contributed by atoms with Gasteiger partial charge in [0.2, 0.25) is 0 Å². The average Bonchev–Trinajstić information content (AvgIpc) is 2.82. The summed E-state index contributed by atoms with van der Waals surface area (Å²) in [6, 6.07) is 14.1. The number of sulfonamides is 1. The second-order valence-corrected chi connectivity index (χ2v) is 9.88. The first kappa shape index (κ1) is 26.2. The van der Waals surface area contributed by atoms with Gasteiger partial charge in [0.15, 0.2) is 6.10 Å². The fourth-order valence-electron chi connectivity index (χ4n) is 3.28. The van der Waals surface area contributed by atoms with E-state index in [4.69, 9.17) is 25.8 Å². The summed E-state index contributed by atoms with van der Waals surface area (Å²) in [7, 11) is -0.959. The summed E-state index contributed by atoms with van der Waals surface area (Å²) in [5.41, 5.74) is 2.40. The Hall–Kier alpha value is -3.43. The topological polar surface area (TPSA) is 103 Å². The SMILES string of the molecule is COc1ccc(NS(=O)(=O)c2ccc(NC(=O)[C@@H](C)Oc3cc(C)c(Cl)c(C)c3)cc2)c(OC)c1. The van der Waals surface area contributed by atoms with Crippen LogP contribution in [0.25, 0.3) is 0 Å². The van der Waals surface area contributed by atoms with Crippen LogP contribution in [0.3, 0.4) is 0 Å². The van der Waals surface area contributed by atoms with E-state index in [9.17, 15) is 13.2 Å². The summed E-state index contributed by atoms with van der Waals surface area (Å²) in [6.45, 7) is 5.35. The normalized spacial score (nSPS) is 11.9. The molecule has 35 heavy (non-hydrogen) atoms. The number of ether oxygens (including phenoxy) is 3. The lowest BCUT2D eigenvalue weighted by molar-refractivity contribution is -0.122. The molecule has 0 radical (unpaired) electrons. The van der Waals surface area contributed by atoms with E-state index in [1.165, 1.54) is 38.5 Å². The highest BCUT2D eigenvalue weighted by Gasteiger charge is 2.19. The molecule has 0 spiro atoms. The minimum atomic E-state index is -3.90. The van der Waals surface area contributed by atoms with E-state index in [2.05, 4.69) is 10.0 Å². The van der Waals surface area contributed by atoms with Crippen LogP contribution < -0.4 is 24.2 Å². The maximum atomic E-state index is 12.8. The Kier molecular flexibility index (Phi) is 8.14. The van der Waals surface area contributed by atoms with E-state index >= 15 is 0 Å². The van der Waals surface area contributed by atoms with Crippen molar-refractivity contribution in [2.45, 2.75) is 31.8 Å². The van der Waals surface area contributed by atoms with Gasteiger partial charge in [-0.2, -0.15) is 0 Å². The Bertz CT molecular complexity index is 1300. The zero-order valence-corrected chi connectivity index (χ0v) is 21.6. The Morgan fingerprint density at radius 1 is 0.914 bits per heavy atom. The van der Waals surface area contributed by atoms with Gasteiger partial charge in [0.05, 0.1) is 24.8 Å². The van der Waals surface area contributed by atoms with Crippen molar-refractivity contribution in [3.63, 3.8) is 0 Å². The highest BCUT2D eigenvalue weighted by Crippen LogP contribution is 2.31. The lowest BCUT2D eigenvalue weighted by atomic mass is 10.1. The number of carbonyl (C=O) groups excluding carboxylic acids is 1. The molecule has 0 bridgehead atoms. The fraction of sp³-hybridized carbons (Fsp3) is 0.240. The lowest BCUT2D eigenvalue weighted by Crippen LogP contribution is -2.30. The molecular weight excluding hydrogens is 492 g/mol. The van der Waals surface area contributed by atoms with Crippen LogP contribution in [0.2, 0.25) is 5.02 Å². The summed E-state index contributed by atoms with van der Waals surface area (Å²) in [4.78, 5) is 12.6. The van der Waals surface area contributed by atoms with Gasteiger partial charge in [-0.05, 0) is 80.4 Å². The number of rotatable bonds is 9. The van der Waals surface area contributed by atoms with Gasteiger partial charge >= 0.3 is 0 Å². The Morgan fingerprint density at radius 3 is 2.11 bits per heavy atom. The number of carbonyl (C=O) groups is 1. The van der Waals surface area contributed by atoms with E-state index in [1.807, 2.05) is 13.8 Å². The first-order valence-electron chi connectivity index (χ1n) is 10.6. The third-order valence-electron chi connectivity index (χ3n) is 5.18. The molecule has 0 aliphatic carbocycles. The van der Waals surface area contributed by atoms with Crippen LogP contribution in [0.15, 0.2) is 59.5 Å². The van der Waals surface area contributed by atoms with Crippen molar-refractivity contribution in [1.29, 1.82) is 0 Å². The van der Waals surface area contributed by atoms with E-state index in [-0.39, 0.29) is 16.5 Å². The molecule has 0 heterocycles. The molecule has 186 valence electrons. The highest BCUT2D eigenvalue weighted by atomic mass is 35.5. The number of aryl methyl sites for hydroxylation is 2. The molecule has 1 atom stereocenters. The van der Waals surface area contributed by atoms with Crippen LogP contribution in [0.4, 0.5) is 11.4 Å². The first-order valence-corrected chi connectivity index (χ1v) is 12.5. The largest absolute Gasteiger partial charge is 0.497 e. The molecule has 0 aliphatic heterocycles. The second-order valence-electron chi connectivity index (χ2n) is 7.82. The Balaban J connectivity index is 1.67. The van der Waals surface area contributed by atoms with Crippen molar-refractivity contribution < 1.29 is 27.4 Å². The van der Waals surface area contributed by atoms with Crippen molar-refractivity contribution in [3.05, 3.63) is 70.7 Å². The number of nitrogens with one attached hydrogen (secondary N) is 2. The summed E-state index contributed by atoms with van der Waals surface area (Å²) < 4.78 is 44.3. The van der Waals surface area contributed by atoms with Crippen LogP contribution >= 0.6 is 11.6 Å². The summed E-state index contributed by atoms with van der Waals surface area (Å²) in [6.07, 6.45) is -0.789. The number of hydrogen-bond acceptors (Lipinski definition) is 6. The zero-order valence-electron chi connectivity index (χ0n) is 20.0. The van der Waals surface area contributed by atoms with Crippen LogP contribution in [0.5, 0.6) is 17.2 Å². The van der Waals surface area contributed by atoms with Gasteiger partial charge in [0, 0.05) is 16.8 Å². The molecule has 10 heteroatoms. The van der Waals surface area contributed by atoms with Crippen molar-refractivity contribution in [2.24, 2.45) is 0 Å². The molecule has 0 aliphatic rings. The van der Waals surface area contributed by atoms with Crippen molar-refractivity contribution in [1.82, 2.24) is 0 Å². The summed E-state index contributed by atoms with van der Waals surface area (Å²) in [5.74, 6) is 1.00.